The average molecular weight is 326 g/mol. The minimum Gasteiger partial charge on any atom is -0.385 e. The Kier molecular flexibility index (Phi) is 4.76. The first kappa shape index (κ1) is 16.4. The third-order valence-corrected chi connectivity index (χ3v) is 4.32. The molecule has 0 aliphatic rings. The first-order chi connectivity index (χ1) is 11.6. The second kappa shape index (κ2) is 6.97. The van der Waals surface area contributed by atoms with Gasteiger partial charge in [-0.2, -0.15) is 0 Å². The van der Waals surface area contributed by atoms with Crippen LogP contribution < -0.4 is 0 Å². The Bertz CT molecular complexity index is 863. The van der Waals surface area contributed by atoms with E-state index in [2.05, 4.69) is 14.9 Å². The average Bonchev–Trinajstić information content (AvgIpc) is 3.11. The summed E-state index contributed by atoms with van der Waals surface area (Å²) in [6, 6.07) is 9.62. The highest BCUT2D eigenvalue weighted by atomic mass is 16.5. The number of para-hydroxylation sites is 1. The van der Waals surface area contributed by atoms with Crippen LogP contribution in [0.25, 0.3) is 11.0 Å². The highest BCUT2D eigenvalue weighted by Crippen LogP contribution is 2.18. The van der Waals surface area contributed by atoms with E-state index in [9.17, 15) is 4.79 Å². The number of Topliss-reactive ketones (excluding diaryl/α,β-unsaturated/α-hetero) is 1. The lowest BCUT2D eigenvalue weighted by Gasteiger charge is -2.09. The molecule has 0 radical (unpaired) electrons. The molecule has 0 aliphatic heterocycles. The summed E-state index contributed by atoms with van der Waals surface area (Å²) in [7, 11) is 1.70. The standard InChI is InChI=1S/C18H22N4O2/c1-13-11-15(14(2)21(13)9-6-10-24-3)18(23)12-22-17-8-5-4-7-16(17)19-20-22/h4-5,7-8,11H,6,9-10,12H2,1-3H3. The molecule has 2 aromatic heterocycles. The lowest BCUT2D eigenvalue weighted by atomic mass is 10.1. The Hall–Kier alpha value is -2.47. The number of hydrogen-bond acceptors (Lipinski definition) is 4. The molecule has 6 nitrogen and oxygen atoms in total. The number of aryl methyl sites for hydroxylation is 1. The molecule has 0 unspecified atom stereocenters. The number of rotatable bonds is 7. The van der Waals surface area contributed by atoms with Crippen molar-refractivity contribution in [2.75, 3.05) is 13.7 Å². The minimum absolute atomic E-state index is 0.0525. The molecule has 0 aliphatic carbocycles. The van der Waals surface area contributed by atoms with E-state index in [1.54, 1.807) is 11.8 Å². The van der Waals surface area contributed by atoms with E-state index < -0.39 is 0 Å². The van der Waals surface area contributed by atoms with Gasteiger partial charge in [-0.15, -0.1) is 5.10 Å². The van der Waals surface area contributed by atoms with Gasteiger partial charge in [0.25, 0.3) is 0 Å². The van der Waals surface area contributed by atoms with Gasteiger partial charge in [-0.3, -0.25) is 4.79 Å². The van der Waals surface area contributed by atoms with Crippen LogP contribution in [0.1, 0.15) is 28.2 Å². The Labute approximate surface area is 141 Å². The summed E-state index contributed by atoms with van der Waals surface area (Å²) >= 11 is 0. The SMILES string of the molecule is COCCCn1c(C)cc(C(=O)Cn2nnc3ccccc32)c1C. The second-order valence-electron chi connectivity index (χ2n) is 5.94. The molecule has 0 fully saturated rings. The number of methoxy groups -OCH3 is 1. The number of benzene rings is 1. The zero-order valence-corrected chi connectivity index (χ0v) is 14.3. The Balaban J connectivity index is 1.81. The van der Waals surface area contributed by atoms with Crippen molar-refractivity contribution in [3.05, 3.63) is 47.3 Å². The van der Waals surface area contributed by atoms with Crippen molar-refractivity contribution in [1.82, 2.24) is 19.6 Å². The summed E-state index contributed by atoms with van der Waals surface area (Å²) in [5.74, 6) is 0.0525. The van der Waals surface area contributed by atoms with Crippen molar-refractivity contribution >= 4 is 16.8 Å². The number of fused-ring (bicyclic) bond motifs is 1. The van der Waals surface area contributed by atoms with Gasteiger partial charge < -0.3 is 9.30 Å². The number of aromatic nitrogens is 4. The van der Waals surface area contributed by atoms with Crippen LogP contribution in [0, 0.1) is 13.8 Å². The first-order valence-electron chi connectivity index (χ1n) is 8.09. The van der Waals surface area contributed by atoms with Gasteiger partial charge in [0, 0.05) is 37.2 Å². The number of hydrogen-bond donors (Lipinski definition) is 0. The van der Waals surface area contributed by atoms with Crippen molar-refractivity contribution < 1.29 is 9.53 Å². The van der Waals surface area contributed by atoms with Crippen molar-refractivity contribution in [2.24, 2.45) is 0 Å². The lowest BCUT2D eigenvalue weighted by Crippen LogP contribution is -2.13. The summed E-state index contributed by atoms with van der Waals surface area (Å²) < 4.78 is 8.94. The fraction of sp³-hybridized carbons (Fsp3) is 0.389. The normalized spacial score (nSPS) is 11.3. The van der Waals surface area contributed by atoms with Gasteiger partial charge in [-0.05, 0) is 38.5 Å². The van der Waals surface area contributed by atoms with Gasteiger partial charge in [0.15, 0.2) is 5.78 Å². The maximum absolute atomic E-state index is 12.7. The van der Waals surface area contributed by atoms with Gasteiger partial charge in [0.1, 0.15) is 12.1 Å². The molecule has 0 saturated carbocycles. The third-order valence-electron chi connectivity index (χ3n) is 4.32. The molecular formula is C18H22N4O2. The topological polar surface area (TPSA) is 61.9 Å². The smallest absolute Gasteiger partial charge is 0.186 e. The second-order valence-corrected chi connectivity index (χ2v) is 5.94. The zero-order valence-electron chi connectivity index (χ0n) is 14.3. The highest BCUT2D eigenvalue weighted by molar-refractivity contribution is 5.97. The molecule has 0 spiro atoms. The van der Waals surface area contributed by atoms with E-state index in [4.69, 9.17) is 4.74 Å². The first-order valence-corrected chi connectivity index (χ1v) is 8.09. The van der Waals surface area contributed by atoms with Crippen molar-refractivity contribution in [1.29, 1.82) is 0 Å². The fourth-order valence-electron chi connectivity index (χ4n) is 3.05. The molecule has 126 valence electrons. The van der Waals surface area contributed by atoms with Gasteiger partial charge in [0.05, 0.1) is 5.52 Å². The van der Waals surface area contributed by atoms with Gasteiger partial charge in [-0.25, -0.2) is 4.68 Å². The van der Waals surface area contributed by atoms with Crippen LogP contribution in [-0.4, -0.2) is 39.1 Å². The van der Waals surface area contributed by atoms with Crippen LogP contribution in [0.15, 0.2) is 30.3 Å². The molecule has 1 aromatic carbocycles. The van der Waals surface area contributed by atoms with Crippen LogP contribution in [0.5, 0.6) is 0 Å². The molecule has 2 heterocycles. The summed E-state index contributed by atoms with van der Waals surface area (Å²) in [6.07, 6.45) is 0.925. The molecule has 0 bridgehead atoms. The van der Waals surface area contributed by atoms with Crippen molar-refractivity contribution in [3.8, 4) is 0 Å². The number of ketones is 1. The molecule has 6 heteroatoms. The molecule has 3 rings (SSSR count). The molecular weight excluding hydrogens is 304 g/mol. The van der Waals surface area contributed by atoms with Crippen LogP contribution in [0.3, 0.4) is 0 Å². The summed E-state index contributed by atoms with van der Waals surface area (Å²) in [5.41, 5.74) is 4.52. The predicted octanol–water partition coefficient (Wildman–Crippen LogP) is 2.77. The largest absolute Gasteiger partial charge is 0.385 e. The Morgan fingerprint density at radius 3 is 2.83 bits per heavy atom. The van der Waals surface area contributed by atoms with Crippen molar-refractivity contribution in [3.63, 3.8) is 0 Å². The lowest BCUT2D eigenvalue weighted by molar-refractivity contribution is 0.0967. The van der Waals surface area contributed by atoms with E-state index >= 15 is 0 Å². The fourth-order valence-corrected chi connectivity index (χ4v) is 3.05. The number of carbonyl (C=O) groups is 1. The maximum Gasteiger partial charge on any atom is 0.186 e. The number of ether oxygens (including phenoxy) is 1. The molecule has 3 aromatic rings. The summed E-state index contributed by atoms with van der Waals surface area (Å²) in [4.78, 5) is 12.7. The van der Waals surface area contributed by atoms with Gasteiger partial charge in [0.2, 0.25) is 0 Å². The van der Waals surface area contributed by atoms with E-state index in [-0.39, 0.29) is 12.3 Å². The summed E-state index contributed by atoms with van der Waals surface area (Å²) in [5, 5.41) is 8.20. The minimum atomic E-state index is 0.0525. The van der Waals surface area contributed by atoms with E-state index in [0.717, 1.165) is 41.0 Å². The zero-order chi connectivity index (χ0) is 17.1. The molecule has 0 atom stereocenters. The van der Waals surface area contributed by atoms with Crippen molar-refractivity contribution in [2.45, 2.75) is 33.4 Å². The Morgan fingerprint density at radius 1 is 1.25 bits per heavy atom. The molecule has 24 heavy (non-hydrogen) atoms. The monoisotopic (exact) mass is 326 g/mol. The number of carbonyl (C=O) groups excluding carboxylic acids is 1. The number of nitrogens with zero attached hydrogens (tertiary/aromatic N) is 4. The third kappa shape index (κ3) is 3.10. The van der Waals surface area contributed by atoms with Gasteiger partial charge >= 0.3 is 0 Å². The van der Waals surface area contributed by atoms with E-state index in [0.29, 0.717) is 6.61 Å². The predicted molar refractivity (Wildman–Crippen MR) is 92.3 cm³/mol. The van der Waals surface area contributed by atoms with E-state index in [1.165, 1.54) is 0 Å². The highest BCUT2D eigenvalue weighted by Gasteiger charge is 2.17. The quantitative estimate of drug-likeness (QED) is 0.495. The maximum atomic E-state index is 12.7. The molecule has 0 saturated heterocycles. The summed E-state index contributed by atoms with van der Waals surface area (Å²) in [6.45, 7) is 5.78. The van der Waals surface area contributed by atoms with Crippen LogP contribution in [0.2, 0.25) is 0 Å². The Morgan fingerprint density at radius 2 is 2.04 bits per heavy atom. The molecule has 0 N–H and O–H groups in total. The van der Waals surface area contributed by atoms with Crippen LogP contribution in [0.4, 0.5) is 0 Å². The van der Waals surface area contributed by atoms with E-state index in [1.807, 2.05) is 44.2 Å². The molecule has 0 amide bonds. The van der Waals surface area contributed by atoms with Gasteiger partial charge in [-0.1, -0.05) is 17.3 Å². The van der Waals surface area contributed by atoms with Crippen LogP contribution >= 0.6 is 0 Å². The van der Waals surface area contributed by atoms with Crippen LogP contribution in [-0.2, 0) is 17.8 Å².